The van der Waals surface area contributed by atoms with E-state index in [0.717, 1.165) is 12.5 Å². The van der Waals surface area contributed by atoms with E-state index in [0.29, 0.717) is 19.5 Å². The predicted molar refractivity (Wildman–Crippen MR) is 60.1 cm³/mol. The van der Waals surface area contributed by atoms with Gasteiger partial charge in [-0.2, -0.15) is 0 Å². The number of carboxylic acids is 1. The Kier molecular flexibility index (Phi) is 5.25. The molecule has 0 heterocycles. The standard InChI is InChI=1S/C11H20N2O3/c1-13(6-2-3-11(15)16)10(14)8-12-7-9-4-5-9/h9,12H,2-8H2,1H3,(H,15,16). The second kappa shape index (κ2) is 6.48. The van der Waals surface area contributed by atoms with Gasteiger partial charge < -0.3 is 15.3 Å². The van der Waals surface area contributed by atoms with Crippen LogP contribution in [0, 0.1) is 5.92 Å². The van der Waals surface area contributed by atoms with Gasteiger partial charge in [-0.1, -0.05) is 0 Å². The molecule has 0 radical (unpaired) electrons. The van der Waals surface area contributed by atoms with Gasteiger partial charge in [0.1, 0.15) is 0 Å². The molecule has 1 rings (SSSR count). The fraction of sp³-hybridized carbons (Fsp3) is 0.818. The Balaban J connectivity index is 2.01. The molecule has 1 aliphatic carbocycles. The van der Waals surface area contributed by atoms with Crippen LogP contribution in [0.15, 0.2) is 0 Å². The van der Waals surface area contributed by atoms with E-state index in [4.69, 9.17) is 5.11 Å². The van der Waals surface area contributed by atoms with Crippen molar-refractivity contribution in [3.05, 3.63) is 0 Å². The fourth-order valence-electron chi connectivity index (χ4n) is 1.43. The molecule has 92 valence electrons. The summed E-state index contributed by atoms with van der Waals surface area (Å²) in [7, 11) is 1.71. The number of hydrogen-bond donors (Lipinski definition) is 2. The number of rotatable bonds is 8. The van der Waals surface area contributed by atoms with Crippen LogP contribution in [0.5, 0.6) is 0 Å². The quantitative estimate of drug-likeness (QED) is 0.627. The summed E-state index contributed by atoms with van der Waals surface area (Å²) in [5.41, 5.74) is 0. The number of carbonyl (C=O) groups is 2. The predicted octanol–water partition coefficient (Wildman–Crippen LogP) is 0.309. The van der Waals surface area contributed by atoms with Crippen LogP contribution in [-0.4, -0.2) is 48.6 Å². The lowest BCUT2D eigenvalue weighted by atomic mass is 10.3. The van der Waals surface area contributed by atoms with Gasteiger partial charge in [-0.15, -0.1) is 0 Å². The van der Waals surface area contributed by atoms with E-state index in [1.165, 1.54) is 12.8 Å². The molecule has 0 saturated heterocycles. The molecular weight excluding hydrogens is 208 g/mol. The third kappa shape index (κ3) is 5.70. The van der Waals surface area contributed by atoms with Crippen molar-refractivity contribution in [1.82, 2.24) is 10.2 Å². The minimum absolute atomic E-state index is 0.0334. The zero-order chi connectivity index (χ0) is 12.0. The molecule has 1 fully saturated rings. The van der Waals surface area contributed by atoms with Gasteiger partial charge in [0.2, 0.25) is 5.91 Å². The first-order chi connectivity index (χ1) is 7.59. The molecule has 2 N–H and O–H groups in total. The topological polar surface area (TPSA) is 69.6 Å². The Morgan fingerprint density at radius 1 is 1.44 bits per heavy atom. The summed E-state index contributed by atoms with van der Waals surface area (Å²) in [6, 6.07) is 0. The molecule has 5 nitrogen and oxygen atoms in total. The molecule has 0 aliphatic heterocycles. The lowest BCUT2D eigenvalue weighted by Gasteiger charge is -2.16. The fourth-order valence-corrected chi connectivity index (χ4v) is 1.43. The number of amides is 1. The van der Waals surface area contributed by atoms with Crippen LogP contribution in [0.4, 0.5) is 0 Å². The van der Waals surface area contributed by atoms with Crippen LogP contribution < -0.4 is 5.32 Å². The highest BCUT2D eigenvalue weighted by atomic mass is 16.4. The van der Waals surface area contributed by atoms with E-state index < -0.39 is 5.97 Å². The molecular formula is C11H20N2O3. The molecule has 0 aromatic carbocycles. The summed E-state index contributed by atoms with van der Waals surface area (Å²) < 4.78 is 0. The molecule has 0 aromatic rings. The first kappa shape index (κ1) is 13.0. The Labute approximate surface area is 95.8 Å². The maximum Gasteiger partial charge on any atom is 0.303 e. The van der Waals surface area contributed by atoms with Crippen molar-refractivity contribution in [2.45, 2.75) is 25.7 Å². The summed E-state index contributed by atoms with van der Waals surface area (Å²) in [5, 5.41) is 11.6. The average molecular weight is 228 g/mol. The zero-order valence-electron chi connectivity index (χ0n) is 9.74. The largest absolute Gasteiger partial charge is 0.481 e. The van der Waals surface area contributed by atoms with Crippen molar-refractivity contribution in [2.75, 3.05) is 26.7 Å². The Morgan fingerprint density at radius 2 is 2.12 bits per heavy atom. The SMILES string of the molecule is CN(CCCC(=O)O)C(=O)CNCC1CC1. The number of carbonyl (C=O) groups excluding carboxylic acids is 1. The summed E-state index contributed by atoms with van der Waals surface area (Å²) in [6.07, 6.45) is 3.18. The second-order valence-corrected chi connectivity index (χ2v) is 4.39. The number of nitrogens with one attached hydrogen (secondary N) is 1. The minimum Gasteiger partial charge on any atom is -0.481 e. The van der Waals surface area contributed by atoms with Crippen LogP contribution in [0.3, 0.4) is 0 Å². The summed E-state index contributed by atoms with van der Waals surface area (Å²) in [6.45, 7) is 1.80. The third-order valence-corrected chi connectivity index (χ3v) is 2.72. The van der Waals surface area contributed by atoms with Crippen LogP contribution in [0.1, 0.15) is 25.7 Å². The highest BCUT2D eigenvalue weighted by molar-refractivity contribution is 5.78. The van der Waals surface area contributed by atoms with Crippen LogP contribution >= 0.6 is 0 Å². The monoisotopic (exact) mass is 228 g/mol. The van der Waals surface area contributed by atoms with Gasteiger partial charge >= 0.3 is 5.97 Å². The number of aliphatic carboxylic acids is 1. The maximum atomic E-state index is 11.5. The summed E-state index contributed by atoms with van der Waals surface area (Å²) >= 11 is 0. The van der Waals surface area contributed by atoms with Crippen molar-refractivity contribution in [3.8, 4) is 0 Å². The number of nitrogens with zero attached hydrogens (tertiary/aromatic N) is 1. The van der Waals surface area contributed by atoms with Crippen molar-refractivity contribution < 1.29 is 14.7 Å². The zero-order valence-corrected chi connectivity index (χ0v) is 9.74. The second-order valence-electron chi connectivity index (χ2n) is 4.39. The number of carboxylic acid groups (broad SMARTS) is 1. The molecule has 0 bridgehead atoms. The van der Waals surface area contributed by atoms with E-state index in [1.807, 2.05) is 0 Å². The van der Waals surface area contributed by atoms with E-state index in [2.05, 4.69) is 5.32 Å². The van der Waals surface area contributed by atoms with Gasteiger partial charge in [0.05, 0.1) is 6.54 Å². The Bertz CT molecular complexity index is 252. The van der Waals surface area contributed by atoms with E-state index in [-0.39, 0.29) is 12.3 Å². The number of likely N-dealkylation sites (N-methyl/N-ethyl adjacent to an activating group) is 1. The van der Waals surface area contributed by atoms with Gasteiger partial charge in [0, 0.05) is 20.0 Å². The smallest absolute Gasteiger partial charge is 0.303 e. The van der Waals surface area contributed by atoms with Crippen LogP contribution in [0.25, 0.3) is 0 Å². The van der Waals surface area contributed by atoms with E-state index >= 15 is 0 Å². The summed E-state index contributed by atoms with van der Waals surface area (Å²) in [4.78, 5) is 23.4. The van der Waals surface area contributed by atoms with Crippen molar-refractivity contribution in [1.29, 1.82) is 0 Å². The van der Waals surface area contributed by atoms with Crippen molar-refractivity contribution in [3.63, 3.8) is 0 Å². The van der Waals surface area contributed by atoms with Gasteiger partial charge in [-0.05, 0) is 31.7 Å². The van der Waals surface area contributed by atoms with Crippen LogP contribution in [-0.2, 0) is 9.59 Å². The molecule has 5 heteroatoms. The highest BCUT2D eigenvalue weighted by Crippen LogP contribution is 2.27. The third-order valence-electron chi connectivity index (χ3n) is 2.72. The lowest BCUT2D eigenvalue weighted by Crippen LogP contribution is -2.36. The minimum atomic E-state index is -0.812. The van der Waals surface area contributed by atoms with E-state index in [1.54, 1.807) is 11.9 Å². The molecule has 0 spiro atoms. The maximum absolute atomic E-state index is 11.5. The average Bonchev–Trinajstić information content (AvgIpc) is 3.00. The summed E-state index contributed by atoms with van der Waals surface area (Å²) in [5.74, 6) is -0.0103. The molecule has 1 saturated carbocycles. The Morgan fingerprint density at radius 3 is 2.69 bits per heavy atom. The highest BCUT2D eigenvalue weighted by Gasteiger charge is 2.20. The molecule has 1 aliphatic rings. The number of hydrogen-bond acceptors (Lipinski definition) is 3. The first-order valence-corrected chi connectivity index (χ1v) is 5.76. The van der Waals surface area contributed by atoms with Gasteiger partial charge in [-0.25, -0.2) is 0 Å². The van der Waals surface area contributed by atoms with Gasteiger partial charge in [0.25, 0.3) is 0 Å². The van der Waals surface area contributed by atoms with Gasteiger partial charge in [0.15, 0.2) is 0 Å². The molecule has 16 heavy (non-hydrogen) atoms. The molecule has 1 amide bonds. The van der Waals surface area contributed by atoms with Crippen LogP contribution in [0.2, 0.25) is 0 Å². The van der Waals surface area contributed by atoms with Crippen molar-refractivity contribution >= 4 is 11.9 Å². The Hall–Kier alpha value is -1.10. The normalized spacial score (nSPS) is 14.8. The van der Waals surface area contributed by atoms with E-state index in [9.17, 15) is 9.59 Å². The lowest BCUT2D eigenvalue weighted by molar-refractivity contribution is -0.137. The molecule has 0 aromatic heterocycles. The molecule has 0 unspecified atom stereocenters. The first-order valence-electron chi connectivity index (χ1n) is 5.76. The van der Waals surface area contributed by atoms with Crippen molar-refractivity contribution in [2.24, 2.45) is 5.92 Å². The van der Waals surface area contributed by atoms with Gasteiger partial charge in [-0.3, -0.25) is 9.59 Å². The molecule has 0 atom stereocenters.